The van der Waals surface area contributed by atoms with E-state index in [1.54, 1.807) is 18.3 Å². The van der Waals surface area contributed by atoms with Gasteiger partial charge in [0.2, 0.25) is 5.91 Å². The quantitative estimate of drug-likeness (QED) is 0.672. The zero-order valence-corrected chi connectivity index (χ0v) is 16.6. The molecule has 7 heteroatoms. The predicted molar refractivity (Wildman–Crippen MR) is 106 cm³/mol. The summed E-state index contributed by atoms with van der Waals surface area (Å²) in [5.41, 5.74) is 3.34. The lowest BCUT2D eigenvalue weighted by Crippen LogP contribution is -2.40. The molecule has 1 aromatic carbocycles. The average Bonchev–Trinajstić information content (AvgIpc) is 3.16. The molecule has 29 heavy (non-hydrogen) atoms. The van der Waals surface area contributed by atoms with Crippen LogP contribution in [0, 0.1) is 19.7 Å². The number of carbonyl (C=O) groups is 1. The molecule has 2 aromatic heterocycles. The maximum absolute atomic E-state index is 13.1. The van der Waals surface area contributed by atoms with Crippen molar-refractivity contribution >= 4 is 5.91 Å². The van der Waals surface area contributed by atoms with Crippen LogP contribution in [0.15, 0.2) is 41.1 Å². The highest BCUT2D eigenvalue weighted by molar-refractivity contribution is 5.79. The van der Waals surface area contributed by atoms with Crippen LogP contribution in [0.3, 0.4) is 0 Å². The Bertz CT molecular complexity index is 1020. The van der Waals surface area contributed by atoms with Crippen molar-refractivity contribution in [3.05, 3.63) is 65.1 Å². The number of halogens is 1. The average molecular weight is 394 g/mol. The topological polar surface area (TPSA) is 72.1 Å². The molecule has 1 fully saturated rings. The van der Waals surface area contributed by atoms with Gasteiger partial charge in [-0.05, 0) is 44.4 Å². The highest BCUT2D eigenvalue weighted by Gasteiger charge is 2.28. The van der Waals surface area contributed by atoms with Gasteiger partial charge >= 0.3 is 0 Å². The molecule has 0 radical (unpaired) electrons. The van der Waals surface area contributed by atoms with E-state index < -0.39 is 0 Å². The molecule has 0 bridgehead atoms. The van der Waals surface area contributed by atoms with Crippen molar-refractivity contribution in [1.29, 1.82) is 0 Å². The molecule has 0 spiro atoms. The minimum atomic E-state index is -0.298. The van der Waals surface area contributed by atoms with Gasteiger partial charge in [0.15, 0.2) is 5.76 Å². The fourth-order valence-electron chi connectivity index (χ4n) is 3.79. The third kappa shape index (κ3) is 4.34. The van der Waals surface area contributed by atoms with Crippen molar-refractivity contribution in [2.24, 2.45) is 0 Å². The summed E-state index contributed by atoms with van der Waals surface area (Å²) in [4.78, 5) is 23.7. The zero-order valence-electron chi connectivity index (χ0n) is 16.6. The summed E-state index contributed by atoms with van der Waals surface area (Å²) in [6.45, 7) is 5.05. The van der Waals surface area contributed by atoms with Gasteiger partial charge in [0, 0.05) is 31.3 Å². The Morgan fingerprint density at radius 1 is 1.28 bits per heavy atom. The van der Waals surface area contributed by atoms with Crippen LogP contribution in [-0.2, 0) is 11.2 Å². The first-order chi connectivity index (χ1) is 14.0. The van der Waals surface area contributed by atoms with E-state index in [2.05, 4.69) is 10.1 Å². The first-order valence-corrected chi connectivity index (χ1v) is 9.79. The number of aryl methyl sites for hydroxylation is 2. The van der Waals surface area contributed by atoms with E-state index >= 15 is 0 Å². The van der Waals surface area contributed by atoms with Crippen molar-refractivity contribution in [3.63, 3.8) is 0 Å². The Balaban J connectivity index is 1.54. The molecule has 1 atom stereocenters. The molecule has 6 nitrogen and oxygen atoms in total. The predicted octanol–water partition coefficient (Wildman–Crippen LogP) is 3.84. The van der Waals surface area contributed by atoms with Crippen LogP contribution in [0.2, 0.25) is 0 Å². The van der Waals surface area contributed by atoms with Gasteiger partial charge < -0.3 is 9.42 Å². The second-order valence-corrected chi connectivity index (χ2v) is 7.53. The Hall–Kier alpha value is -3.09. The van der Waals surface area contributed by atoms with Crippen LogP contribution in [-0.4, -0.2) is 39.0 Å². The van der Waals surface area contributed by atoms with Crippen molar-refractivity contribution in [1.82, 2.24) is 20.0 Å². The molecule has 3 heterocycles. The second kappa shape index (κ2) is 8.11. The van der Waals surface area contributed by atoms with Crippen molar-refractivity contribution in [2.45, 2.75) is 39.0 Å². The lowest BCUT2D eigenvalue weighted by atomic mass is 9.91. The fraction of sp³-hybridized carbons (Fsp3) is 0.364. The molecule has 1 aliphatic heterocycles. The van der Waals surface area contributed by atoms with Crippen molar-refractivity contribution < 1.29 is 13.7 Å². The number of nitrogens with zero attached hydrogens (tertiary/aromatic N) is 4. The van der Waals surface area contributed by atoms with E-state index in [1.807, 2.05) is 24.8 Å². The van der Waals surface area contributed by atoms with E-state index in [-0.39, 0.29) is 24.1 Å². The van der Waals surface area contributed by atoms with Crippen LogP contribution >= 0.6 is 0 Å². The molecule has 0 aliphatic carbocycles. The first kappa shape index (κ1) is 19.2. The van der Waals surface area contributed by atoms with Crippen molar-refractivity contribution in [3.8, 4) is 11.3 Å². The normalized spacial score (nSPS) is 16.8. The van der Waals surface area contributed by atoms with Gasteiger partial charge in [-0.2, -0.15) is 0 Å². The van der Waals surface area contributed by atoms with Gasteiger partial charge in [0.05, 0.1) is 23.4 Å². The number of amides is 1. The Kier molecular flexibility index (Phi) is 5.38. The van der Waals surface area contributed by atoms with Crippen molar-refractivity contribution in [2.75, 3.05) is 13.1 Å². The molecule has 1 amide bonds. The molecule has 0 saturated carbocycles. The molecule has 3 aromatic rings. The van der Waals surface area contributed by atoms with Gasteiger partial charge in [0.1, 0.15) is 11.6 Å². The SMILES string of the molecule is Cc1cc(-c2cnc(C)nc2C2CCCN(C(=O)Cc3ccc(F)cc3)C2)on1. The number of likely N-dealkylation sites (tertiary alicyclic amines) is 1. The summed E-state index contributed by atoms with van der Waals surface area (Å²) >= 11 is 0. The van der Waals surface area contributed by atoms with E-state index in [0.29, 0.717) is 18.1 Å². The summed E-state index contributed by atoms with van der Waals surface area (Å²) < 4.78 is 18.6. The number of rotatable bonds is 4. The van der Waals surface area contributed by atoms with Crippen LogP contribution in [0.4, 0.5) is 4.39 Å². The summed E-state index contributed by atoms with van der Waals surface area (Å²) in [5.74, 6) is 1.18. The fourth-order valence-corrected chi connectivity index (χ4v) is 3.79. The zero-order chi connectivity index (χ0) is 20.4. The molecule has 4 rings (SSSR count). The van der Waals surface area contributed by atoms with Gasteiger partial charge in [-0.1, -0.05) is 17.3 Å². The minimum Gasteiger partial charge on any atom is -0.356 e. The van der Waals surface area contributed by atoms with Crippen LogP contribution in [0.5, 0.6) is 0 Å². The standard InChI is InChI=1S/C22H23FN4O2/c1-14-10-20(29-26-14)19-12-24-15(2)25-22(19)17-4-3-9-27(13-17)21(28)11-16-5-7-18(23)8-6-16/h5-8,10,12,17H,3-4,9,11,13H2,1-2H3. The lowest BCUT2D eigenvalue weighted by molar-refractivity contribution is -0.131. The number of benzene rings is 1. The molecule has 1 aliphatic rings. The summed E-state index contributed by atoms with van der Waals surface area (Å²) in [6.07, 6.45) is 3.88. The third-order valence-electron chi connectivity index (χ3n) is 5.26. The van der Waals surface area contributed by atoms with Gasteiger partial charge in [-0.15, -0.1) is 0 Å². The number of hydrogen-bond acceptors (Lipinski definition) is 5. The van der Waals surface area contributed by atoms with E-state index in [9.17, 15) is 9.18 Å². The van der Waals surface area contributed by atoms with Crippen LogP contribution < -0.4 is 0 Å². The van der Waals surface area contributed by atoms with Crippen LogP contribution in [0.1, 0.15) is 41.5 Å². The second-order valence-electron chi connectivity index (χ2n) is 7.53. The van der Waals surface area contributed by atoms with Gasteiger partial charge in [0.25, 0.3) is 0 Å². The highest BCUT2D eigenvalue weighted by atomic mass is 19.1. The summed E-state index contributed by atoms with van der Waals surface area (Å²) in [6, 6.07) is 7.96. The van der Waals surface area contributed by atoms with Gasteiger partial charge in [-0.3, -0.25) is 4.79 Å². The lowest BCUT2D eigenvalue weighted by Gasteiger charge is -2.33. The molecule has 0 N–H and O–H groups in total. The highest BCUT2D eigenvalue weighted by Crippen LogP contribution is 2.33. The monoisotopic (exact) mass is 394 g/mol. The van der Waals surface area contributed by atoms with Crippen LogP contribution in [0.25, 0.3) is 11.3 Å². The maximum Gasteiger partial charge on any atom is 0.227 e. The number of hydrogen-bond donors (Lipinski definition) is 0. The van der Waals surface area contributed by atoms with Gasteiger partial charge in [-0.25, -0.2) is 14.4 Å². The first-order valence-electron chi connectivity index (χ1n) is 9.79. The minimum absolute atomic E-state index is 0.0455. The molecule has 1 unspecified atom stereocenters. The largest absolute Gasteiger partial charge is 0.356 e. The Labute approximate surface area is 168 Å². The third-order valence-corrected chi connectivity index (χ3v) is 5.26. The number of carbonyl (C=O) groups excluding carboxylic acids is 1. The summed E-state index contributed by atoms with van der Waals surface area (Å²) in [5, 5.41) is 3.98. The Morgan fingerprint density at radius 2 is 2.07 bits per heavy atom. The molecular weight excluding hydrogens is 371 g/mol. The van der Waals surface area contributed by atoms with E-state index in [4.69, 9.17) is 9.51 Å². The Morgan fingerprint density at radius 3 is 2.79 bits per heavy atom. The van der Waals surface area contributed by atoms with E-state index in [0.717, 1.165) is 41.9 Å². The number of aromatic nitrogens is 3. The maximum atomic E-state index is 13.1. The summed E-state index contributed by atoms with van der Waals surface area (Å²) in [7, 11) is 0. The molecule has 1 saturated heterocycles. The smallest absolute Gasteiger partial charge is 0.227 e. The number of piperidine rings is 1. The molecular formula is C22H23FN4O2. The van der Waals surface area contributed by atoms with E-state index in [1.165, 1.54) is 12.1 Å². The molecule has 150 valence electrons.